The number of aromatic hydroxyl groups is 2. The summed E-state index contributed by atoms with van der Waals surface area (Å²) >= 11 is 0. The molecule has 1 aliphatic heterocycles. The SMILES string of the molecule is Cc1cc2c(O)c(c1)CNCc1cccc(n1)CNCc1cc(C)cc(c1O)NCCc1cccc(n1)CNC2. The maximum atomic E-state index is 11.0. The standard InChI is InChI=1S/C32H38N6O2/c1-21-11-23-15-33-18-27-6-3-5-26(37-27)9-10-36-30-14-22(2)13-25(32(30)40)17-35-20-29-8-4-7-28(38-29)19-34-16-24(12-21)31(23)39/h3-8,11-14,33-36,39-40H,9-10,15-20H2,1-2H3. The highest BCUT2D eigenvalue weighted by Gasteiger charge is 2.11. The van der Waals surface area contributed by atoms with Crippen LogP contribution in [0.1, 0.15) is 50.6 Å². The summed E-state index contributed by atoms with van der Waals surface area (Å²) in [6, 6.07) is 20.1. The van der Waals surface area contributed by atoms with Gasteiger partial charge in [0.05, 0.1) is 22.8 Å². The van der Waals surface area contributed by atoms with Gasteiger partial charge in [0.2, 0.25) is 0 Å². The Morgan fingerprint density at radius 3 is 1.57 bits per heavy atom. The molecule has 2 aromatic heterocycles. The molecule has 8 nitrogen and oxygen atoms in total. The lowest BCUT2D eigenvalue weighted by Crippen LogP contribution is -2.18. The number of nitrogens with one attached hydrogen (secondary N) is 4. The maximum absolute atomic E-state index is 11.0. The molecule has 0 spiro atoms. The number of fused-ring (bicyclic) bond motifs is 8. The van der Waals surface area contributed by atoms with Crippen LogP contribution in [0.25, 0.3) is 0 Å². The molecular weight excluding hydrogens is 500 g/mol. The third kappa shape index (κ3) is 7.15. The van der Waals surface area contributed by atoms with Gasteiger partial charge in [0.25, 0.3) is 0 Å². The fraction of sp³-hybridized carbons (Fsp3) is 0.312. The normalized spacial score (nSPS) is 15.1. The van der Waals surface area contributed by atoms with Crippen LogP contribution < -0.4 is 21.3 Å². The van der Waals surface area contributed by atoms with E-state index in [2.05, 4.69) is 28.2 Å². The highest BCUT2D eigenvalue weighted by Crippen LogP contribution is 2.29. The number of phenols is 2. The zero-order chi connectivity index (χ0) is 27.9. The van der Waals surface area contributed by atoms with E-state index in [1.807, 2.05) is 67.6 Å². The lowest BCUT2D eigenvalue weighted by atomic mass is 10.0. The second-order valence-electron chi connectivity index (χ2n) is 10.5. The second kappa shape index (κ2) is 12.9. The van der Waals surface area contributed by atoms with Gasteiger partial charge >= 0.3 is 0 Å². The van der Waals surface area contributed by atoms with Crippen molar-refractivity contribution in [3.05, 3.63) is 111 Å². The minimum atomic E-state index is 0.270. The molecular formula is C32H38N6O2. The van der Waals surface area contributed by atoms with Crippen molar-refractivity contribution in [3.8, 4) is 11.5 Å². The maximum Gasteiger partial charge on any atom is 0.143 e. The number of benzene rings is 2. The molecule has 0 atom stereocenters. The van der Waals surface area contributed by atoms with Crippen molar-refractivity contribution >= 4 is 5.69 Å². The van der Waals surface area contributed by atoms with Crippen LogP contribution >= 0.6 is 0 Å². The van der Waals surface area contributed by atoms with Crippen molar-refractivity contribution in [2.75, 3.05) is 11.9 Å². The first-order chi connectivity index (χ1) is 19.4. The van der Waals surface area contributed by atoms with Gasteiger partial charge in [0, 0.05) is 74.6 Å². The summed E-state index contributed by atoms with van der Waals surface area (Å²) in [7, 11) is 0. The van der Waals surface area contributed by atoms with Gasteiger partial charge in [-0.15, -0.1) is 0 Å². The number of phenolic OH excluding ortho intramolecular Hbond substituents is 2. The van der Waals surface area contributed by atoms with Crippen molar-refractivity contribution in [1.29, 1.82) is 0 Å². The van der Waals surface area contributed by atoms with Gasteiger partial charge in [0.15, 0.2) is 0 Å². The molecule has 0 amide bonds. The Labute approximate surface area is 235 Å². The molecule has 4 aromatic rings. The first-order valence-electron chi connectivity index (χ1n) is 13.8. The molecule has 1 aliphatic rings. The summed E-state index contributed by atoms with van der Waals surface area (Å²) in [6.45, 7) is 8.11. The van der Waals surface area contributed by atoms with Gasteiger partial charge in [-0.3, -0.25) is 9.97 Å². The molecule has 8 bridgehead atoms. The number of pyridine rings is 2. The molecule has 0 saturated heterocycles. The van der Waals surface area contributed by atoms with Crippen LogP contribution in [0.5, 0.6) is 11.5 Å². The summed E-state index contributed by atoms with van der Waals surface area (Å²) in [5.41, 5.74) is 9.30. The quantitative estimate of drug-likeness (QED) is 0.183. The third-order valence-corrected chi connectivity index (χ3v) is 7.04. The lowest BCUT2D eigenvalue weighted by molar-refractivity contribution is 0.453. The molecule has 0 fully saturated rings. The smallest absolute Gasteiger partial charge is 0.143 e. The Hall–Kier alpha value is -3.98. The van der Waals surface area contributed by atoms with Gasteiger partial charge in [-0.05, 0) is 49.7 Å². The predicted octanol–water partition coefficient (Wildman–Crippen LogP) is 4.34. The van der Waals surface area contributed by atoms with Crippen LogP contribution in [0, 0.1) is 13.8 Å². The highest BCUT2D eigenvalue weighted by molar-refractivity contribution is 5.61. The molecule has 0 unspecified atom stereocenters. The van der Waals surface area contributed by atoms with E-state index >= 15 is 0 Å². The van der Waals surface area contributed by atoms with Crippen molar-refractivity contribution in [1.82, 2.24) is 25.9 Å². The van der Waals surface area contributed by atoms with Gasteiger partial charge in [-0.1, -0.05) is 35.9 Å². The van der Waals surface area contributed by atoms with E-state index in [4.69, 9.17) is 9.97 Å². The van der Waals surface area contributed by atoms with E-state index in [0.29, 0.717) is 51.6 Å². The number of nitrogens with zero attached hydrogens (tertiary/aromatic N) is 2. The lowest BCUT2D eigenvalue weighted by Gasteiger charge is -2.15. The summed E-state index contributed by atoms with van der Waals surface area (Å²) in [5, 5.41) is 35.6. The minimum Gasteiger partial charge on any atom is -0.507 e. The molecule has 5 rings (SSSR count). The Morgan fingerprint density at radius 2 is 1.02 bits per heavy atom. The molecule has 3 heterocycles. The van der Waals surface area contributed by atoms with Crippen LogP contribution in [-0.4, -0.2) is 26.7 Å². The van der Waals surface area contributed by atoms with Crippen molar-refractivity contribution in [3.63, 3.8) is 0 Å². The number of hydrogen-bond acceptors (Lipinski definition) is 8. The van der Waals surface area contributed by atoms with E-state index in [0.717, 1.165) is 62.7 Å². The minimum absolute atomic E-state index is 0.270. The molecule has 8 heteroatoms. The van der Waals surface area contributed by atoms with Crippen LogP contribution in [0.2, 0.25) is 0 Å². The van der Waals surface area contributed by atoms with Crippen LogP contribution in [-0.2, 0) is 45.7 Å². The van der Waals surface area contributed by atoms with Gasteiger partial charge in [-0.25, -0.2) is 0 Å². The third-order valence-electron chi connectivity index (χ3n) is 7.04. The molecule has 0 saturated carbocycles. The molecule has 40 heavy (non-hydrogen) atoms. The summed E-state index contributed by atoms with van der Waals surface area (Å²) in [5.74, 6) is 0.589. The predicted molar refractivity (Wildman–Crippen MR) is 158 cm³/mol. The van der Waals surface area contributed by atoms with Gasteiger partial charge in [-0.2, -0.15) is 0 Å². The Morgan fingerprint density at radius 1 is 0.575 bits per heavy atom. The fourth-order valence-electron chi connectivity index (χ4n) is 5.12. The first-order valence-corrected chi connectivity index (χ1v) is 13.8. The van der Waals surface area contributed by atoms with E-state index < -0.39 is 0 Å². The molecule has 0 aliphatic carbocycles. The van der Waals surface area contributed by atoms with E-state index in [9.17, 15) is 10.2 Å². The molecule has 0 radical (unpaired) electrons. The van der Waals surface area contributed by atoms with E-state index in [-0.39, 0.29) is 5.75 Å². The van der Waals surface area contributed by atoms with Crippen molar-refractivity contribution in [2.45, 2.75) is 59.5 Å². The second-order valence-corrected chi connectivity index (χ2v) is 10.5. The number of hydrogen-bond donors (Lipinski definition) is 6. The molecule has 2 aromatic carbocycles. The van der Waals surface area contributed by atoms with Gasteiger partial charge < -0.3 is 31.5 Å². The number of aryl methyl sites for hydroxylation is 2. The summed E-state index contributed by atoms with van der Waals surface area (Å²) < 4.78 is 0. The van der Waals surface area contributed by atoms with Crippen molar-refractivity contribution < 1.29 is 10.2 Å². The van der Waals surface area contributed by atoms with E-state index in [1.54, 1.807) is 0 Å². The molecule has 6 N–H and O–H groups in total. The number of aromatic nitrogens is 2. The summed E-state index contributed by atoms with van der Waals surface area (Å²) in [4.78, 5) is 9.59. The molecule has 208 valence electrons. The monoisotopic (exact) mass is 538 g/mol. The van der Waals surface area contributed by atoms with Crippen LogP contribution in [0.4, 0.5) is 5.69 Å². The fourth-order valence-corrected chi connectivity index (χ4v) is 5.12. The zero-order valence-electron chi connectivity index (χ0n) is 23.2. The largest absolute Gasteiger partial charge is 0.507 e. The Kier molecular flexibility index (Phi) is 8.91. The average molecular weight is 539 g/mol. The first kappa shape index (κ1) is 27.6. The van der Waals surface area contributed by atoms with Crippen LogP contribution in [0.15, 0.2) is 60.7 Å². The van der Waals surface area contributed by atoms with E-state index in [1.165, 1.54) is 0 Å². The summed E-state index contributed by atoms with van der Waals surface area (Å²) in [6.07, 6.45) is 0.728. The van der Waals surface area contributed by atoms with Crippen molar-refractivity contribution in [2.24, 2.45) is 0 Å². The van der Waals surface area contributed by atoms with Crippen LogP contribution in [0.3, 0.4) is 0 Å². The number of rotatable bonds is 0. The Bertz CT molecular complexity index is 1270. The van der Waals surface area contributed by atoms with Gasteiger partial charge in [0.1, 0.15) is 11.5 Å². The highest BCUT2D eigenvalue weighted by atomic mass is 16.3. The average Bonchev–Trinajstić information content (AvgIpc) is 2.93. The topological polar surface area (TPSA) is 114 Å². The number of anilines is 1. The Balaban J connectivity index is 1.37. The zero-order valence-corrected chi connectivity index (χ0v) is 23.2.